The van der Waals surface area contributed by atoms with Gasteiger partial charge in [0.15, 0.2) is 5.76 Å². The van der Waals surface area contributed by atoms with Gasteiger partial charge in [0, 0.05) is 6.54 Å². The summed E-state index contributed by atoms with van der Waals surface area (Å²) in [7, 11) is 0. The number of tetrazole rings is 1. The second-order valence-corrected chi connectivity index (χ2v) is 6.43. The fraction of sp³-hybridized carbons (Fsp3) is 0.458. The van der Waals surface area contributed by atoms with E-state index >= 15 is 0 Å². The number of halogens is 2. The zero-order valence-electron chi connectivity index (χ0n) is 20.7. The second-order valence-electron chi connectivity index (χ2n) is 6.43. The molecule has 33 heavy (non-hydrogen) atoms. The molecule has 0 aliphatic rings. The van der Waals surface area contributed by atoms with Gasteiger partial charge in [0.2, 0.25) is 5.95 Å². The molecule has 1 aromatic carbocycles. The molecule has 0 bridgehead atoms. The van der Waals surface area contributed by atoms with Crippen molar-refractivity contribution in [1.82, 2.24) is 20.2 Å². The molecule has 1 unspecified atom stereocenters. The number of benzene rings is 1. The van der Waals surface area contributed by atoms with Crippen LogP contribution in [0.25, 0.3) is 0 Å². The number of alkyl halides is 2. The van der Waals surface area contributed by atoms with Crippen molar-refractivity contribution in [1.29, 1.82) is 0 Å². The van der Waals surface area contributed by atoms with E-state index in [-0.39, 0.29) is 11.8 Å². The molecule has 0 spiro atoms. The minimum Gasteiger partial charge on any atom is -0.495 e. The summed E-state index contributed by atoms with van der Waals surface area (Å²) in [5, 5.41) is 14.8. The highest BCUT2D eigenvalue weighted by Gasteiger charge is 2.10. The van der Waals surface area contributed by atoms with Gasteiger partial charge in [-0.25, -0.2) is 4.68 Å². The zero-order valence-corrected chi connectivity index (χ0v) is 20.7. The SMILES string of the molecule is C=C/C=C\C(OC(F)F)=C(/C)OCC.CC.CCn1nnnc1NC(C)c1cccc(C)c1. The van der Waals surface area contributed by atoms with Gasteiger partial charge >= 0.3 is 6.61 Å². The molecule has 0 saturated carbocycles. The Labute approximate surface area is 196 Å². The molecule has 2 rings (SSSR count). The van der Waals surface area contributed by atoms with Crippen LogP contribution in [-0.4, -0.2) is 33.4 Å². The minimum absolute atomic E-state index is 0.0155. The number of nitrogens with zero attached hydrogens (tertiary/aromatic N) is 4. The lowest BCUT2D eigenvalue weighted by atomic mass is 10.1. The van der Waals surface area contributed by atoms with Crippen LogP contribution in [0.15, 0.2) is 60.6 Å². The molecule has 0 fully saturated rings. The average molecular weight is 466 g/mol. The molecule has 2 aromatic rings. The molecule has 1 N–H and O–H groups in total. The Morgan fingerprint density at radius 1 is 1.27 bits per heavy atom. The lowest BCUT2D eigenvalue weighted by molar-refractivity contribution is -0.0959. The standard InChI is InChI=1S/C12H17N5.C10H14F2O2.C2H6/c1-4-17-12(14-15-16-17)13-10(3)11-7-5-6-9(2)8-11;1-4-6-7-9(14-10(11)12)8(3)13-5-2;1-2/h5-8,10H,4H2,1-3H3,(H,13,14,16);4,6-7,10H,1,5H2,2-3H3;1-2H3/b;7-6-,9-8-;. The van der Waals surface area contributed by atoms with Crippen molar-refractivity contribution in [3.63, 3.8) is 0 Å². The first-order chi connectivity index (χ1) is 15.8. The lowest BCUT2D eigenvalue weighted by Gasteiger charge is -2.14. The van der Waals surface area contributed by atoms with Crippen LogP contribution in [0, 0.1) is 6.92 Å². The van der Waals surface area contributed by atoms with Crippen LogP contribution in [0.5, 0.6) is 0 Å². The highest BCUT2D eigenvalue weighted by molar-refractivity contribution is 5.32. The van der Waals surface area contributed by atoms with E-state index in [9.17, 15) is 8.78 Å². The van der Waals surface area contributed by atoms with Crippen molar-refractivity contribution in [2.75, 3.05) is 11.9 Å². The molecule has 0 radical (unpaired) electrons. The largest absolute Gasteiger partial charge is 0.495 e. The molecule has 184 valence electrons. The summed E-state index contributed by atoms with van der Waals surface area (Å²) in [6, 6.07) is 8.60. The smallest absolute Gasteiger partial charge is 0.387 e. The molecule has 0 aliphatic heterocycles. The summed E-state index contributed by atoms with van der Waals surface area (Å²) in [6.45, 7) is 15.3. The van der Waals surface area contributed by atoms with E-state index < -0.39 is 6.61 Å². The first kappa shape index (κ1) is 29.8. The molecule has 0 aliphatic carbocycles. The molecular weight excluding hydrogens is 428 g/mol. The molecule has 0 amide bonds. The minimum atomic E-state index is -2.85. The van der Waals surface area contributed by atoms with Crippen LogP contribution in [-0.2, 0) is 16.0 Å². The number of aromatic nitrogens is 4. The quantitative estimate of drug-likeness (QED) is 0.322. The Balaban J connectivity index is 0.000000589. The Hall–Kier alpha value is -3.23. The summed E-state index contributed by atoms with van der Waals surface area (Å²) in [5.74, 6) is 1.05. The summed E-state index contributed by atoms with van der Waals surface area (Å²) in [6.07, 6.45) is 4.35. The molecular formula is C24H37F2N5O2. The van der Waals surface area contributed by atoms with Gasteiger partial charge in [-0.05, 0) is 56.7 Å². The second kappa shape index (κ2) is 17.3. The van der Waals surface area contributed by atoms with E-state index in [0.717, 1.165) is 6.54 Å². The van der Waals surface area contributed by atoms with Crippen molar-refractivity contribution in [2.45, 2.75) is 67.7 Å². The van der Waals surface area contributed by atoms with Crippen LogP contribution in [0.4, 0.5) is 14.7 Å². The number of hydrogen-bond donors (Lipinski definition) is 1. The van der Waals surface area contributed by atoms with E-state index in [1.165, 1.54) is 29.4 Å². The summed E-state index contributed by atoms with van der Waals surface area (Å²) >= 11 is 0. The molecule has 1 atom stereocenters. The van der Waals surface area contributed by atoms with Gasteiger partial charge in [0.25, 0.3) is 0 Å². The van der Waals surface area contributed by atoms with Crippen molar-refractivity contribution in [3.05, 3.63) is 71.7 Å². The number of aryl methyl sites for hydroxylation is 2. The Morgan fingerprint density at radius 2 is 1.97 bits per heavy atom. The maximum atomic E-state index is 11.9. The van der Waals surface area contributed by atoms with Crippen LogP contribution in [0.1, 0.15) is 58.7 Å². The predicted octanol–water partition coefficient (Wildman–Crippen LogP) is 6.44. The van der Waals surface area contributed by atoms with E-state index in [1.54, 1.807) is 18.5 Å². The maximum Gasteiger partial charge on any atom is 0.387 e. The number of allylic oxidation sites excluding steroid dienone is 4. The number of hydrogen-bond acceptors (Lipinski definition) is 6. The Morgan fingerprint density at radius 3 is 2.52 bits per heavy atom. The fourth-order valence-electron chi connectivity index (χ4n) is 2.52. The predicted molar refractivity (Wildman–Crippen MR) is 129 cm³/mol. The maximum absolute atomic E-state index is 11.9. The average Bonchev–Trinajstić information content (AvgIpc) is 3.25. The van der Waals surface area contributed by atoms with E-state index in [4.69, 9.17) is 4.74 Å². The summed E-state index contributed by atoms with van der Waals surface area (Å²) in [5.41, 5.74) is 2.49. The van der Waals surface area contributed by atoms with Crippen molar-refractivity contribution in [3.8, 4) is 0 Å². The Bertz CT molecular complexity index is 866. The van der Waals surface area contributed by atoms with Gasteiger partial charge < -0.3 is 14.8 Å². The van der Waals surface area contributed by atoms with Crippen LogP contribution in [0.3, 0.4) is 0 Å². The molecule has 1 heterocycles. The summed E-state index contributed by atoms with van der Waals surface area (Å²) in [4.78, 5) is 0. The monoisotopic (exact) mass is 465 g/mol. The third-order valence-electron chi connectivity index (χ3n) is 4.03. The van der Waals surface area contributed by atoms with Crippen molar-refractivity contribution in [2.24, 2.45) is 0 Å². The molecule has 1 aromatic heterocycles. The third-order valence-corrected chi connectivity index (χ3v) is 4.03. The van der Waals surface area contributed by atoms with Gasteiger partial charge in [0.1, 0.15) is 5.76 Å². The van der Waals surface area contributed by atoms with E-state index in [1.807, 2.05) is 20.8 Å². The van der Waals surface area contributed by atoms with Gasteiger partial charge in [-0.3, -0.25) is 0 Å². The normalized spacial score (nSPS) is 12.1. The third kappa shape index (κ3) is 11.8. The highest BCUT2D eigenvalue weighted by atomic mass is 19.3. The molecule has 7 nitrogen and oxygen atoms in total. The number of rotatable bonds is 10. The van der Waals surface area contributed by atoms with E-state index in [2.05, 4.69) is 70.3 Å². The highest BCUT2D eigenvalue weighted by Crippen LogP contribution is 2.18. The van der Waals surface area contributed by atoms with Gasteiger partial charge in [0.05, 0.1) is 12.6 Å². The molecule has 9 heteroatoms. The number of nitrogens with one attached hydrogen (secondary N) is 1. The first-order valence-electron chi connectivity index (χ1n) is 11.0. The first-order valence-corrected chi connectivity index (χ1v) is 11.0. The van der Waals surface area contributed by atoms with Gasteiger partial charge in [-0.1, -0.05) is 67.5 Å². The van der Waals surface area contributed by atoms with Crippen molar-refractivity contribution >= 4 is 5.95 Å². The van der Waals surface area contributed by atoms with Crippen LogP contribution >= 0.6 is 0 Å². The topological polar surface area (TPSA) is 74.1 Å². The van der Waals surface area contributed by atoms with Crippen LogP contribution < -0.4 is 5.32 Å². The van der Waals surface area contributed by atoms with Crippen LogP contribution in [0.2, 0.25) is 0 Å². The van der Waals surface area contributed by atoms with Gasteiger partial charge in [-0.15, -0.1) is 0 Å². The molecule has 0 saturated heterocycles. The summed E-state index contributed by atoms with van der Waals surface area (Å²) < 4.78 is 34.9. The fourth-order valence-corrected chi connectivity index (χ4v) is 2.52. The van der Waals surface area contributed by atoms with Crippen molar-refractivity contribution < 1.29 is 18.3 Å². The van der Waals surface area contributed by atoms with E-state index in [0.29, 0.717) is 18.3 Å². The zero-order chi connectivity index (χ0) is 25.2. The Kier molecular flexibility index (Phi) is 15.6. The number of anilines is 1. The van der Waals surface area contributed by atoms with Gasteiger partial charge in [-0.2, -0.15) is 8.78 Å². The number of ether oxygens (including phenoxy) is 2. The lowest BCUT2D eigenvalue weighted by Crippen LogP contribution is -2.12.